The van der Waals surface area contributed by atoms with Crippen molar-refractivity contribution in [1.29, 1.82) is 0 Å². The van der Waals surface area contributed by atoms with Crippen LogP contribution in [-0.4, -0.2) is 75.0 Å². The number of hydrogen-bond acceptors (Lipinski definition) is 4. The molecule has 1 aliphatic heterocycles. The van der Waals surface area contributed by atoms with Gasteiger partial charge in [-0.05, 0) is 19.4 Å². The molecule has 1 aliphatic rings. The molecule has 0 aromatic rings. The molecule has 1 fully saturated rings. The van der Waals surface area contributed by atoms with Crippen molar-refractivity contribution in [1.82, 2.24) is 9.80 Å². The van der Waals surface area contributed by atoms with Gasteiger partial charge in [0.15, 0.2) is 0 Å². The van der Waals surface area contributed by atoms with Crippen molar-refractivity contribution in [2.45, 2.75) is 25.1 Å². The summed E-state index contributed by atoms with van der Waals surface area (Å²) < 4.78 is 42.1. The van der Waals surface area contributed by atoms with Gasteiger partial charge in [0.05, 0.1) is 13.2 Å². The van der Waals surface area contributed by atoms with Crippen molar-refractivity contribution in [2.24, 2.45) is 5.73 Å². The summed E-state index contributed by atoms with van der Waals surface area (Å²) in [4.78, 5) is 3.68. The van der Waals surface area contributed by atoms with Crippen LogP contribution in [0.5, 0.6) is 0 Å². The standard InChI is InChI=1S/C12H24F3N3O/c1-19-9-11(3-2-4-16)18-7-5-17(6-8-18)10-12(13,14)15/h11H,2-10,16H2,1H3. The normalized spacial score (nSPS) is 20.7. The Kier molecular flexibility index (Phi) is 7.06. The van der Waals surface area contributed by atoms with Crippen LogP contribution >= 0.6 is 0 Å². The van der Waals surface area contributed by atoms with Gasteiger partial charge in [-0.25, -0.2) is 0 Å². The van der Waals surface area contributed by atoms with Gasteiger partial charge in [0.1, 0.15) is 0 Å². The molecule has 0 spiro atoms. The first-order valence-electron chi connectivity index (χ1n) is 6.68. The molecule has 0 aliphatic carbocycles. The molecule has 114 valence electrons. The van der Waals surface area contributed by atoms with E-state index in [4.69, 9.17) is 10.5 Å². The van der Waals surface area contributed by atoms with Gasteiger partial charge in [-0.3, -0.25) is 9.80 Å². The van der Waals surface area contributed by atoms with E-state index in [2.05, 4.69) is 4.90 Å². The van der Waals surface area contributed by atoms with Gasteiger partial charge < -0.3 is 10.5 Å². The highest BCUT2D eigenvalue weighted by molar-refractivity contribution is 4.79. The van der Waals surface area contributed by atoms with Gasteiger partial charge in [-0.15, -0.1) is 0 Å². The summed E-state index contributed by atoms with van der Waals surface area (Å²) in [6.07, 6.45) is -2.26. The van der Waals surface area contributed by atoms with Crippen LogP contribution in [-0.2, 0) is 4.74 Å². The van der Waals surface area contributed by atoms with Crippen LogP contribution in [0.4, 0.5) is 13.2 Å². The fraction of sp³-hybridized carbons (Fsp3) is 1.00. The number of halogens is 3. The first kappa shape index (κ1) is 16.7. The maximum absolute atomic E-state index is 12.3. The first-order valence-corrected chi connectivity index (χ1v) is 6.68. The molecule has 0 amide bonds. The maximum atomic E-state index is 12.3. The SMILES string of the molecule is COCC(CCCN)N1CCN(CC(F)(F)F)CC1. The summed E-state index contributed by atoms with van der Waals surface area (Å²) in [5, 5.41) is 0. The monoisotopic (exact) mass is 283 g/mol. The second-order valence-electron chi connectivity index (χ2n) is 4.97. The summed E-state index contributed by atoms with van der Waals surface area (Å²) in [5.74, 6) is 0. The molecule has 0 radical (unpaired) electrons. The Labute approximate surface area is 112 Å². The third-order valence-corrected chi connectivity index (χ3v) is 3.43. The fourth-order valence-corrected chi connectivity index (χ4v) is 2.46. The highest BCUT2D eigenvalue weighted by Gasteiger charge is 2.33. The number of hydrogen-bond donors (Lipinski definition) is 1. The minimum atomic E-state index is -4.10. The average Bonchev–Trinajstić information content (AvgIpc) is 2.34. The second-order valence-corrected chi connectivity index (χ2v) is 4.97. The molecule has 1 heterocycles. The number of nitrogens with zero attached hydrogens (tertiary/aromatic N) is 2. The molecule has 19 heavy (non-hydrogen) atoms. The predicted octanol–water partition coefficient (Wildman–Crippen LogP) is 0.920. The van der Waals surface area contributed by atoms with Crippen LogP contribution in [0, 0.1) is 0 Å². The topological polar surface area (TPSA) is 41.7 Å². The molecule has 7 heteroatoms. The van der Waals surface area contributed by atoms with Crippen LogP contribution < -0.4 is 5.73 Å². The number of rotatable bonds is 7. The van der Waals surface area contributed by atoms with Crippen molar-refractivity contribution < 1.29 is 17.9 Å². The van der Waals surface area contributed by atoms with Crippen molar-refractivity contribution >= 4 is 0 Å². The van der Waals surface area contributed by atoms with E-state index in [9.17, 15) is 13.2 Å². The van der Waals surface area contributed by atoms with Crippen LogP contribution in [0.15, 0.2) is 0 Å². The lowest BCUT2D eigenvalue weighted by molar-refractivity contribution is -0.150. The Hall–Kier alpha value is -0.370. The summed E-state index contributed by atoms with van der Waals surface area (Å²) in [6.45, 7) is 2.68. The molecule has 0 bridgehead atoms. The number of nitrogens with two attached hydrogens (primary N) is 1. The van der Waals surface area contributed by atoms with Gasteiger partial charge in [-0.2, -0.15) is 13.2 Å². The molecule has 1 unspecified atom stereocenters. The molecule has 1 atom stereocenters. The van der Waals surface area contributed by atoms with Crippen molar-refractivity contribution in [3.63, 3.8) is 0 Å². The van der Waals surface area contributed by atoms with Gasteiger partial charge in [0, 0.05) is 39.3 Å². The van der Waals surface area contributed by atoms with E-state index in [-0.39, 0.29) is 6.04 Å². The smallest absolute Gasteiger partial charge is 0.383 e. The number of methoxy groups -OCH3 is 1. The second kappa shape index (κ2) is 8.04. The number of alkyl halides is 3. The minimum Gasteiger partial charge on any atom is -0.383 e. The quantitative estimate of drug-likeness (QED) is 0.754. The lowest BCUT2D eigenvalue weighted by Crippen LogP contribution is -2.53. The zero-order valence-corrected chi connectivity index (χ0v) is 11.5. The summed E-state index contributed by atoms with van der Waals surface area (Å²) >= 11 is 0. The van der Waals surface area contributed by atoms with Gasteiger partial charge in [0.2, 0.25) is 0 Å². The summed E-state index contributed by atoms with van der Waals surface area (Å²) in [5.41, 5.74) is 5.50. The van der Waals surface area contributed by atoms with Crippen molar-refractivity contribution in [3.05, 3.63) is 0 Å². The Morgan fingerprint density at radius 1 is 1.21 bits per heavy atom. The third kappa shape index (κ3) is 6.56. The van der Waals surface area contributed by atoms with Crippen molar-refractivity contribution in [3.8, 4) is 0 Å². The van der Waals surface area contributed by atoms with E-state index in [1.807, 2.05) is 0 Å². The van der Waals surface area contributed by atoms with E-state index < -0.39 is 12.7 Å². The van der Waals surface area contributed by atoms with E-state index in [1.54, 1.807) is 7.11 Å². The van der Waals surface area contributed by atoms with Crippen LogP contribution in [0.25, 0.3) is 0 Å². The van der Waals surface area contributed by atoms with E-state index in [0.29, 0.717) is 39.3 Å². The molecule has 1 rings (SSSR count). The van der Waals surface area contributed by atoms with Crippen LogP contribution in [0.2, 0.25) is 0 Å². The third-order valence-electron chi connectivity index (χ3n) is 3.43. The van der Waals surface area contributed by atoms with Crippen LogP contribution in [0.1, 0.15) is 12.8 Å². The molecule has 0 aromatic carbocycles. The molecular weight excluding hydrogens is 259 g/mol. The number of piperazine rings is 1. The van der Waals surface area contributed by atoms with Gasteiger partial charge in [0.25, 0.3) is 0 Å². The summed E-state index contributed by atoms with van der Waals surface area (Å²) in [6, 6.07) is 0.265. The predicted molar refractivity (Wildman–Crippen MR) is 68.0 cm³/mol. The largest absolute Gasteiger partial charge is 0.401 e. The molecular formula is C12H24F3N3O. The lowest BCUT2D eigenvalue weighted by atomic mass is 10.1. The Morgan fingerprint density at radius 3 is 2.32 bits per heavy atom. The summed E-state index contributed by atoms with van der Waals surface area (Å²) in [7, 11) is 1.65. The van der Waals surface area contributed by atoms with Gasteiger partial charge in [-0.1, -0.05) is 0 Å². The Morgan fingerprint density at radius 2 is 1.84 bits per heavy atom. The molecule has 2 N–H and O–H groups in total. The van der Waals surface area contributed by atoms with Crippen LogP contribution in [0.3, 0.4) is 0 Å². The number of ether oxygens (including phenoxy) is 1. The lowest BCUT2D eigenvalue weighted by Gasteiger charge is -2.39. The van der Waals surface area contributed by atoms with Crippen molar-refractivity contribution in [2.75, 3.05) is 53.0 Å². The fourth-order valence-electron chi connectivity index (χ4n) is 2.46. The molecule has 0 aromatic heterocycles. The van der Waals surface area contributed by atoms with E-state index in [1.165, 1.54) is 4.90 Å². The average molecular weight is 283 g/mol. The molecule has 0 saturated carbocycles. The van der Waals surface area contributed by atoms with Gasteiger partial charge >= 0.3 is 6.18 Å². The highest BCUT2D eigenvalue weighted by Crippen LogP contribution is 2.18. The highest BCUT2D eigenvalue weighted by atomic mass is 19.4. The zero-order valence-electron chi connectivity index (χ0n) is 11.5. The molecule has 4 nitrogen and oxygen atoms in total. The van der Waals surface area contributed by atoms with E-state index >= 15 is 0 Å². The molecule has 1 saturated heterocycles. The minimum absolute atomic E-state index is 0.265. The Bertz CT molecular complexity index is 243. The first-order chi connectivity index (χ1) is 8.96. The zero-order chi connectivity index (χ0) is 14.3. The van der Waals surface area contributed by atoms with E-state index in [0.717, 1.165) is 12.8 Å². The maximum Gasteiger partial charge on any atom is 0.401 e. The Balaban J connectivity index is 2.37.